The average Bonchev–Trinajstić information content (AvgIpc) is 2.48. The molecule has 1 aliphatic carbocycles. The van der Waals surface area contributed by atoms with E-state index in [1.165, 1.54) is 12.1 Å². The Labute approximate surface area is 122 Å². The maximum absolute atomic E-state index is 11.7. The SMILES string of the molecule is O=C(NCc1ccc([N+](=O)[O-])cc1)NC1CCC(O)CC1. The van der Waals surface area contributed by atoms with Crippen LogP contribution in [-0.4, -0.2) is 28.2 Å². The van der Waals surface area contributed by atoms with Gasteiger partial charge in [-0.2, -0.15) is 0 Å². The van der Waals surface area contributed by atoms with Gasteiger partial charge in [0.1, 0.15) is 0 Å². The van der Waals surface area contributed by atoms with Crippen LogP contribution < -0.4 is 10.6 Å². The zero-order valence-corrected chi connectivity index (χ0v) is 11.6. The minimum atomic E-state index is -0.457. The van der Waals surface area contributed by atoms with Crippen LogP contribution in [0.2, 0.25) is 0 Å². The van der Waals surface area contributed by atoms with E-state index in [1.807, 2.05) is 0 Å². The Bertz CT molecular complexity index is 495. The van der Waals surface area contributed by atoms with E-state index in [1.54, 1.807) is 12.1 Å². The number of rotatable bonds is 4. The Kier molecular flexibility index (Phi) is 5.10. The number of nitro benzene ring substituents is 1. The molecular formula is C14H19N3O4. The standard InChI is InChI=1S/C14H19N3O4/c18-13-7-3-11(4-8-13)16-14(19)15-9-10-1-5-12(6-2-10)17(20)21/h1-2,5-6,11,13,18H,3-4,7-9H2,(H2,15,16,19). The van der Waals surface area contributed by atoms with Crippen molar-refractivity contribution in [3.8, 4) is 0 Å². The lowest BCUT2D eigenvalue weighted by atomic mass is 9.93. The molecule has 7 nitrogen and oxygen atoms in total. The van der Waals surface area contributed by atoms with Crippen molar-refractivity contribution < 1.29 is 14.8 Å². The Morgan fingerprint density at radius 1 is 1.24 bits per heavy atom. The van der Waals surface area contributed by atoms with Gasteiger partial charge in [0.2, 0.25) is 0 Å². The summed E-state index contributed by atoms with van der Waals surface area (Å²) in [6.07, 6.45) is 2.75. The molecular weight excluding hydrogens is 274 g/mol. The van der Waals surface area contributed by atoms with Crippen molar-refractivity contribution in [1.29, 1.82) is 0 Å². The number of hydrogen-bond donors (Lipinski definition) is 3. The van der Waals surface area contributed by atoms with Crippen LogP contribution in [0.4, 0.5) is 10.5 Å². The highest BCUT2D eigenvalue weighted by molar-refractivity contribution is 5.74. The van der Waals surface area contributed by atoms with Crippen LogP contribution in [0.15, 0.2) is 24.3 Å². The second-order valence-electron chi connectivity index (χ2n) is 5.26. The highest BCUT2D eigenvalue weighted by Crippen LogP contribution is 2.18. The number of amides is 2. The van der Waals surface area contributed by atoms with Crippen LogP contribution in [0.25, 0.3) is 0 Å². The van der Waals surface area contributed by atoms with Gasteiger partial charge in [-0.05, 0) is 31.2 Å². The summed E-state index contributed by atoms with van der Waals surface area (Å²) in [5.41, 5.74) is 0.832. The molecule has 21 heavy (non-hydrogen) atoms. The molecule has 1 aromatic carbocycles. The molecule has 0 aliphatic heterocycles. The molecule has 0 atom stereocenters. The number of nitro groups is 1. The Hall–Kier alpha value is -2.15. The van der Waals surface area contributed by atoms with Gasteiger partial charge in [-0.3, -0.25) is 10.1 Å². The summed E-state index contributed by atoms with van der Waals surface area (Å²) in [6, 6.07) is 5.92. The highest BCUT2D eigenvalue weighted by Gasteiger charge is 2.20. The number of aliphatic hydroxyl groups is 1. The molecule has 0 bridgehead atoms. The van der Waals surface area contributed by atoms with E-state index >= 15 is 0 Å². The molecule has 0 spiro atoms. The second-order valence-corrected chi connectivity index (χ2v) is 5.26. The fourth-order valence-corrected chi connectivity index (χ4v) is 2.37. The van der Waals surface area contributed by atoms with E-state index < -0.39 is 4.92 Å². The first-order valence-corrected chi connectivity index (χ1v) is 7.00. The summed E-state index contributed by atoms with van der Waals surface area (Å²) in [5.74, 6) is 0. The van der Waals surface area contributed by atoms with Gasteiger partial charge in [0.05, 0.1) is 11.0 Å². The van der Waals surface area contributed by atoms with Crippen molar-refractivity contribution in [2.24, 2.45) is 0 Å². The first kappa shape index (κ1) is 15.2. The van der Waals surface area contributed by atoms with Crippen molar-refractivity contribution in [2.75, 3.05) is 0 Å². The van der Waals surface area contributed by atoms with Crippen LogP contribution in [0.1, 0.15) is 31.2 Å². The molecule has 0 aromatic heterocycles. The van der Waals surface area contributed by atoms with Crippen LogP contribution in [0.3, 0.4) is 0 Å². The first-order valence-electron chi connectivity index (χ1n) is 7.00. The summed E-state index contributed by atoms with van der Waals surface area (Å²) < 4.78 is 0. The lowest BCUT2D eigenvalue weighted by molar-refractivity contribution is -0.384. The lowest BCUT2D eigenvalue weighted by Gasteiger charge is -2.26. The van der Waals surface area contributed by atoms with Gasteiger partial charge >= 0.3 is 6.03 Å². The van der Waals surface area contributed by atoms with Crippen LogP contribution in [0, 0.1) is 10.1 Å². The Morgan fingerprint density at radius 2 is 1.86 bits per heavy atom. The number of benzene rings is 1. The number of non-ortho nitro benzene ring substituents is 1. The zero-order chi connectivity index (χ0) is 15.2. The molecule has 2 amide bonds. The van der Waals surface area contributed by atoms with Gasteiger partial charge in [-0.1, -0.05) is 12.1 Å². The molecule has 7 heteroatoms. The third kappa shape index (κ3) is 4.71. The molecule has 0 heterocycles. The maximum atomic E-state index is 11.7. The molecule has 3 N–H and O–H groups in total. The van der Waals surface area contributed by atoms with E-state index in [0.717, 1.165) is 18.4 Å². The van der Waals surface area contributed by atoms with Gasteiger partial charge in [0.25, 0.3) is 5.69 Å². The van der Waals surface area contributed by atoms with E-state index in [9.17, 15) is 20.0 Å². The minimum Gasteiger partial charge on any atom is -0.393 e. The summed E-state index contributed by atoms with van der Waals surface area (Å²) in [5, 5.41) is 25.5. The summed E-state index contributed by atoms with van der Waals surface area (Å²) >= 11 is 0. The van der Waals surface area contributed by atoms with Crippen molar-refractivity contribution in [2.45, 2.75) is 44.4 Å². The number of carbonyl (C=O) groups excluding carboxylic acids is 1. The molecule has 1 aliphatic rings. The number of aliphatic hydroxyl groups excluding tert-OH is 1. The number of carbonyl (C=O) groups is 1. The summed E-state index contributed by atoms with van der Waals surface area (Å²) in [4.78, 5) is 21.8. The molecule has 0 unspecified atom stereocenters. The molecule has 1 fully saturated rings. The molecule has 1 aromatic rings. The van der Waals surface area contributed by atoms with Crippen molar-refractivity contribution in [3.63, 3.8) is 0 Å². The normalized spacial score (nSPS) is 21.6. The second kappa shape index (κ2) is 7.03. The van der Waals surface area contributed by atoms with Gasteiger partial charge in [0, 0.05) is 24.7 Å². The number of nitrogens with one attached hydrogen (secondary N) is 2. The molecule has 114 valence electrons. The fraction of sp³-hybridized carbons (Fsp3) is 0.500. The van der Waals surface area contributed by atoms with E-state index in [4.69, 9.17) is 0 Å². The largest absolute Gasteiger partial charge is 0.393 e. The highest BCUT2D eigenvalue weighted by atomic mass is 16.6. The van der Waals surface area contributed by atoms with Crippen LogP contribution >= 0.6 is 0 Å². The van der Waals surface area contributed by atoms with Crippen molar-refractivity contribution in [1.82, 2.24) is 10.6 Å². The maximum Gasteiger partial charge on any atom is 0.315 e. The van der Waals surface area contributed by atoms with Crippen molar-refractivity contribution in [3.05, 3.63) is 39.9 Å². The molecule has 2 rings (SSSR count). The smallest absolute Gasteiger partial charge is 0.315 e. The average molecular weight is 293 g/mol. The van der Waals surface area contributed by atoms with Gasteiger partial charge in [-0.25, -0.2) is 4.79 Å². The topological polar surface area (TPSA) is 104 Å². The Morgan fingerprint density at radius 3 is 2.43 bits per heavy atom. The third-order valence-corrected chi connectivity index (χ3v) is 3.63. The number of hydrogen-bond acceptors (Lipinski definition) is 4. The minimum absolute atomic E-state index is 0.0314. The molecule has 0 saturated heterocycles. The zero-order valence-electron chi connectivity index (χ0n) is 11.6. The molecule has 1 saturated carbocycles. The van der Waals surface area contributed by atoms with Gasteiger partial charge in [-0.15, -0.1) is 0 Å². The van der Waals surface area contributed by atoms with E-state index in [-0.39, 0.29) is 23.9 Å². The monoisotopic (exact) mass is 293 g/mol. The first-order chi connectivity index (χ1) is 10.0. The van der Waals surface area contributed by atoms with E-state index in [0.29, 0.717) is 19.4 Å². The van der Waals surface area contributed by atoms with Crippen LogP contribution in [-0.2, 0) is 6.54 Å². The van der Waals surface area contributed by atoms with Crippen LogP contribution in [0.5, 0.6) is 0 Å². The molecule has 0 radical (unpaired) electrons. The number of urea groups is 1. The summed E-state index contributed by atoms with van der Waals surface area (Å²) in [6.45, 7) is 0.319. The Balaban J connectivity index is 1.74. The predicted molar refractivity (Wildman–Crippen MR) is 76.7 cm³/mol. The number of nitrogens with zero attached hydrogens (tertiary/aromatic N) is 1. The van der Waals surface area contributed by atoms with Crippen molar-refractivity contribution >= 4 is 11.7 Å². The quantitative estimate of drug-likeness (QED) is 0.580. The predicted octanol–water partition coefficient (Wildman–Crippen LogP) is 1.70. The van der Waals surface area contributed by atoms with Gasteiger partial charge in [0.15, 0.2) is 0 Å². The van der Waals surface area contributed by atoms with E-state index in [2.05, 4.69) is 10.6 Å². The fourth-order valence-electron chi connectivity index (χ4n) is 2.37. The lowest BCUT2D eigenvalue weighted by Crippen LogP contribution is -2.43. The van der Waals surface area contributed by atoms with Gasteiger partial charge < -0.3 is 15.7 Å². The summed E-state index contributed by atoms with van der Waals surface area (Å²) in [7, 11) is 0. The third-order valence-electron chi connectivity index (χ3n) is 3.63.